The number of carbonyl (C=O) groups is 3. The van der Waals surface area contributed by atoms with E-state index in [4.69, 9.17) is 9.47 Å². The van der Waals surface area contributed by atoms with Crippen molar-refractivity contribution in [3.8, 4) is 11.1 Å². The minimum atomic E-state index is -1.07. The van der Waals surface area contributed by atoms with Gasteiger partial charge in [0.1, 0.15) is 6.61 Å². The first-order valence-electron chi connectivity index (χ1n) is 11.9. The van der Waals surface area contributed by atoms with Crippen LogP contribution in [0.5, 0.6) is 0 Å². The van der Waals surface area contributed by atoms with E-state index in [1.54, 1.807) is 0 Å². The molecular weight excluding hydrogens is 448 g/mol. The minimum absolute atomic E-state index is 0.00887. The van der Waals surface area contributed by atoms with Gasteiger partial charge in [-0.3, -0.25) is 4.79 Å². The van der Waals surface area contributed by atoms with Crippen LogP contribution in [0.1, 0.15) is 29.9 Å². The summed E-state index contributed by atoms with van der Waals surface area (Å²) in [6.45, 7) is 0.776. The van der Waals surface area contributed by atoms with Gasteiger partial charge >= 0.3 is 12.1 Å². The lowest BCUT2D eigenvalue weighted by Gasteiger charge is -2.36. The molecule has 3 aliphatic rings. The fraction of sp³-hybridized carbons (Fsp3) is 0.370. The lowest BCUT2D eigenvalue weighted by atomic mass is 9.89. The second kappa shape index (κ2) is 9.92. The first-order valence-corrected chi connectivity index (χ1v) is 11.9. The van der Waals surface area contributed by atoms with Gasteiger partial charge in [-0.1, -0.05) is 60.7 Å². The summed E-state index contributed by atoms with van der Waals surface area (Å²) in [4.78, 5) is 38.6. The highest BCUT2D eigenvalue weighted by Gasteiger charge is 2.37. The Kier molecular flexibility index (Phi) is 6.55. The monoisotopic (exact) mass is 476 g/mol. The van der Waals surface area contributed by atoms with Crippen molar-refractivity contribution in [3.05, 3.63) is 71.8 Å². The van der Waals surface area contributed by atoms with Gasteiger partial charge in [0, 0.05) is 18.4 Å². The molecule has 8 nitrogen and oxygen atoms in total. The first kappa shape index (κ1) is 23.1. The number of benzene rings is 2. The molecule has 2 aromatic carbocycles. The number of ether oxygens (including phenoxy) is 2. The van der Waals surface area contributed by atoms with Crippen molar-refractivity contribution in [3.63, 3.8) is 0 Å². The molecule has 0 saturated carbocycles. The summed E-state index contributed by atoms with van der Waals surface area (Å²) in [6, 6.07) is 15.0. The quantitative estimate of drug-likeness (QED) is 0.643. The molecule has 35 heavy (non-hydrogen) atoms. The lowest BCUT2D eigenvalue weighted by Crippen LogP contribution is -2.55. The Morgan fingerprint density at radius 2 is 1.74 bits per heavy atom. The number of rotatable bonds is 5. The van der Waals surface area contributed by atoms with Crippen LogP contribution in [0.4, 0.5) is 4.79 Å². The molecule has 2 aromatic rings. The van der Waals surface area contributed by atoms with Gasteiger partial charge in [-0.2, -0.15) is 0 Å². The molecule has 0 aromatic heterocycles. The van der Waals surface area contributed by atoms with E-state index in [1.807, 2.05) is 36.4 Å². The molecule has 3 atom stereocenters. The van der Waals surface area contributed by atoms with E-state index < -0.39 is 24.0 Å². The van der Waals surface area contributed by atoms with E-state index in [1.165, 1.54) is 4.90 Å². The molecule has 0 radical (unpaired) electrons. The molecule has 2 N–H and O–H groups in total. The molecule has 3 unspecified atom stereocenters. The van der Waals surface area contributed by atoms with Crippen molar-refractivity contribution in [2.75, 3.05) is 26.4 Å². The number of carbonyl (C=O) groups excluding carboxylic acids is 2. The Morgan fingerprint density at radius 3 is 2.43 bits per heavy atom. The summed E-state index contributed by atoms with van der Waals surface area (Å²) in [5.41, 5.74) is 4.61. The lowest BCUT2D eigenvalue weighted by molar-refractivity contribution is -0.160. The Labute approximate surface area is 203 Å². The average Bonchev–Trinajstić information content (AvgIpc) is 3.21. The highest BCUT2D eigenvalue weighted by atomic mass is 16.5. The number of allylic oxidation sites excluding steroid dienone is 1. The van der Waals surface area contributed by atoms with Crippen LogP contribution in [0.3, 0.4) is 0 Å². The maximum absolute atomic E-state index is 13.1. The van der Waals surface area contributed by atoms with Crippen molar-refractivity contribution >= 4 is 18.0 Å². The molecule has 2 aliphatic carbocycles. The molecule has 1 fully saturated rings. The van der Waals surface area contributed by atoms with Gasteiger partial charge in [0.05, 0.1) is 19.3 Å². The molecule has 8 heteroatoms. The van der Waals surface area contributed by atoms with Gasteiger partial charge in [0.15, 0.2) is 6.04 Å². The summed E-state index contributed by atoms with van der Waals surface area (Å²) < 4.78 is 10.9. The van der Waals surface area contributed by atoms with Crippen molar-refractivity contribution in [1.82, 2.24) is 10.2 Å². The van der Waals surface area contributed by atoms with Gasteiger partial charge < -0.3 is 24.8 Å². The van der Waals surface area contributed by atoms with Crippen LogP contribution in [-0.2, 0) is 19.1 Å². The zero-order valence-corrected chi connectivity index (χ0v) is 19.3. The molecule has 2 amide bonds. The number of aliphatic carboxylic acids is 1. The van der Waals surface area contributed by atoms with Crippen molar-refractivity contribution in [1.29, 1.82) is 0 Å². The van der Waals surface area contributed by atoms with Crippen LogP contribution in [-0.4, -0.2) is 66.4 Å². The van der Waals surface area contributed by atoms with E-state index in [2.05, 4.69) is 29.6 Å². The van der Waals surface area contributed by atoms with Crippen LogP contribution in [0.25, 0.3) is 11.1 Å². The zero-order chi connectivity index (χ0) is 24.4. The normalized spacial score (nSPS) is 23.3. The average molecular weight is 477 g/mol. The molecule has 1 saturated heterocycles. The third-order valence-corrected chi connectivity index (χ3v) is 7.02. The third-order valence-electron chi connectivity index (χ3n) is 7.02. The smallest absolute Gasteiger partial charge is 0.407 e. The number of amides is 2. The summed E-state index contributed by atoms with van der Waals surface area (Å²) >= 11 is 0. The fourth-order valence-corrected chi connectivity index (χ4v) is 5.30. The van der Waals surface area contributed by atoms with Crippen molar-refractivity contribution in [2.24, 2.45) is 5.92 Å². The summed E-state index contributed by atoms with van der Waals surface area (Å²) in [5.74, 6) is -1.72. The summed E-state index contributed by atoms with van der Waals surface area (Å²) in [5, 5.41) is 12.3. The fourth-order valence-electron chi connectivity index (χ4n) is 5.30. The predicted octanol–water partition coefficient (Wildman–Crippen LogP) is 3.17. The third kappa shape index (κ3) is 4.66. The number of hydrogen-bond acceptors (Lipinski definition) is 5. The highest BCUT2D eigenvalue weighted by Crippen LogP contribution is 2.44. The van der Waals surface area contributed by atoms with E-state index in [-0.39, 0.29) is 37.6 Å². The SMILES string of the molecule is O=C(NC1C=CCC(C(=O)N2CCOCC2C(=O)O)C1)OCC1c2ccccc2-c2ccccc21. The standard InChI is InChI=1S/C27H28N2O6/c30-25(29-12-13-34-16-24(29)26(31)32)17-6-5-7-18(14-17)28-27(33)35-15-23-21-10-3-1-8-19(21)20-9-2-4-11-22(20)23/h1-5,7-11,17-18,23-24H,6,12-16H2,(H,28,33)(H,31,32). The van der Waals surface area contributed by atoms with Gasteiger partial charge in [-0.05, 0) is 35.1 Å². The van der Waals surface area contributed by atoms with Crippen LogP contribution in [0, 0.1) is 5.92 Å². The molecule has 182 valence electrons. The van der Waals surface area contributed by atoms with Crippen LogP contribution < -0.4 is 5.32 Å². The molecule has 1 heterocycles. The second-order valence-corrected chi connectivity index (χ2v) is 9.13. The largest absolute Gasteiger partial charge is 0.480 e. The van der Waals surface area contributed by atoms with Gasteiger partial charge in [-0.25, -0.2) is 9.59 Å². The Hall–Kier alpha value is -3.65. The molecule has 0 bridgehead atoms. The number of fused-ring (bicyclic) bond motifs is 3. The van der Waals surface area contributed by atoms with Crippen LogP contribution in [0.15, 0.2) is 60.7 Å². The summed E-state index contributed by atoms with van der Waals surface area (Å²) in [7, 11) is 0. The second-order valence-electron chi connectivity index (χ2n) is 9.13. The molecule has 0 spiro atoms. The minimum Gasteiger partial charge on any atom is -0.480 e. The topological polar surface area (TPSA) is 105 Å². The van der Waals surface area contributed by atoms with Crippen LogP contribution >= 0.6 is 0 Å². The van der Waals surface area contributed by atoms with Gasteiger partial charge in [0.25, 0.3) is 0 Å². The van der Waals surface area contributed by atoms with E-state index in [9.17, 15) is 19.5 Å². The number of nitrogens with one attached hydrogen (secondary N) is 1. The van der Waals surface area contributed by atoms with Gasteiger partial charge in [-0.15, -0.1) is 0 Å². The maximum Gasteiger partial charge on any atom is 0.407 e. The molecule has 1 aliphatic heterocycles. The summed E-state index contributed by atoms with van der Waals surface area (Å²) in [6.07, 6.45) is 4.08. The highest BCUT2D eigenvalue weighted by molar-refractivity contribution is 5.86. The molecular formula is C27H28N2O6. The number of alkyl carbamates (subject to hydrolysis) is 1. The number of hydrogen-bond donors (Lipinski definition) is 2. The Bertz CT molecular complexity index is 1120. The zero-order valence-electron chi connectivity index (χ0n) is 19.3. The van der Waals surface area contributed by atoms with Crippen molar-refractivity contribution < 1.29 is 29.0 Å². The van der Waals surface area contributed by atoms with E-state index in [0.717, 1.165) is 22.3 Å². The van der Waals surface area contributed by atoms with Crippen molar-refractivity contribution in [2.45, 2.75) is 30.8 Å². The van der Waals surface area contributed by atoms with E-state index >= 15 is 0 Å². The number of carboxylic acid groups (broad SMARTS) is 1. The Morgan fingerprint density at radius 1 is 1.06 bits per heavy atom. The maximum atomic E-state index is 13.1. The predicted molar refractivity (Wildman–Crippen MR) is 128 cm³/mol. The van der Waals surface area contributed by atoms with E-state index in [0.29, 0.717) is 19.4 Å². The Balaban J connectivity index is 1.19. The van der Waals surface area contributed by atoms with Gasteiger partial charge in [0.2, 0.25) is 5.91 Å². The molecule has 5 rings (SSSR count). The first-order chi connectivity index (χ1) is 17.0. The number of morpholine rings is 1. The van der Waals surface area contributed by atoms with Crippen LogP contribution in [0.2, 0.25) is 0 Å². The number of nitrogens with zero attached hydrogens (tertiary/aromatic N) is 1. The number of carboxylic acids is 1.